The molecule has 0 radical (unpaired) electrons. The fourth-order valence-electron chi connectivity index (χ4n) is 1.00. The summed E-state index contributed by atoms with van der Waals surface area (Å²) < 4.78 is 60.5. The predicted molar refractivity (Wildman–Crippen MR) is 38.9 cm³/mol. The monoisotopic (exact) mass is 211 g/mol. The van der Waals surface area contributed by atoms with Gasteiger partial charge in [-0.2, -0.15) is 13.2 Å². The summed E-state index contributed by atoms with van der Waals surface area (Å²) in [4.78, 5) is 3.17. The zero-order chi connectivity index (χ0) is 10.9. The van der Waals surface area contributed by atoms with Gasteiger partial charge in [-0.1, -0.05) is 0 Å². The molecule has 78 valence electrons. The van der Waals surface area contributed by atoms with Crippen LogP contribution in [-0.2, 0) is 6.18 Å². The van der Waals surface area contributed by atoms with E-state index in [1.807, 2.05) is 0 Å². The standard InChI is InChI=1S/C8H6F5N/c1-4-5(8(11,12)13)2-3-6(14-4)7(9)10/h2-3,7H,1H3. The van der Waals surface area contributed by atoms with E-state index in [1.54, 1.807) is 0 Å². The molecule has 0 aliphatic carbocycles. The Morgan fingerprint density at radius 3 is 2.14 bits per heavy atom. The third kappa shape index (κ3) is 2.18. The third-order valence-electron chi connectivity index (χ3n) is 1.64. The Morgan fingerprint density at radius 2 is 1.79 bits per heavy atom. The first-order valence-electron chi connectivity index (χ1n) is 3.65. The Hall–Kier alpha value is -1.20. The summed E-state index contributed by atoms with van der Waals surface area (Å²) in [7, 11) is 0. The molecule has 0 saturated heterocycles. The van der Waals surface area contributed by atoms with E-state index < -0.39 is 29.6 Å². The van der Waals surface area contributed by atoms with Crippen molar-refractivity contribution < 1.29 is 22.0 Å². The molecule has 1 rings (SSSR count). The van der Waals surface area contributed by atoms with Gasteiger partial charge in [0.05, 0.1) is 11.3 Å². The Morgan fingerprint density at radius 1 is 1.21 bits per heavy atom. The molecule has 14 heavy (non-hydrogen) atoms. The van der Waals surface area contributed by atoms with Gasteiger partial charge in [0, 0.05) is 0 Å². The van der Waals surface area contributed by atoms with E-state index in [9.17, 15) is 22.0 Å². The topological polar surface area (TPSA) is 12.9 Å². The van der Waals surface area contributed by atoms with Gasteiger partial charge in [0.2, 0.25) is 0 Å². The Kier molecular flexibility index (Phi) is 2.73. The molecular weight excluding hydrogens is 205 g/mol. The molecule has 0 N–H and O–H groups in total. The zero-order valence-corrected chi connectivity index (χ0v) is 7.07. The van der Waals surface area contributed by atoms with E-state index in [2.05, 4.69) is 4.98 Å². The molecule has 0 unspecified atom stereocenters. The van der Waals surface area contributed by atoms with Crippen molar-refractivity contribution in [1.82, 2.24) is 4.98 Å². The average Bonchev–Trinajstić information content (AvgIpc) is 2.01. The van der Waals surface area contributed by atoms with Crippen LogP contribution in [0.25, 0.3) is 0 Å². The number of nitrogens with zero attached hydrogens (tertiary/aromatic N) is 1. The molecule has 1 aromatic rings. The number of aryl methyl sites for hydroxylation is 1. The van der Waals surface area contributed by atoms with Gasteiger partial charge in [0.15, 0.2) is 0 Å². The summed E-state index contributed by atoms with van der Waals surface area (Å²) in [6.45, 7) is 1.05. The van der Waals surface area contributed by atoms with Crippen LogP contribution in [0.5, 0.6) is 0 Å². The first-order valence-corrected chi connectivity index (χ1v) is 3.65. The highest BCUT2D eigenvalue weighted by Crippen LogP contribution is 2.31. The number of hydrogen-bond acceptors (Lipinski definition) is 1. The lowest BCUT2D eigenvalue weighted by Crippen LogP contribution is -2.09. The van der Waals surface area contributed by atoms with E-state index in [0.29, 0.717) is 12.1 Å². The molecule has 0 aliphatic heterocycles. The maximum atomic E-state index is 12.2. The molecule has 0 aliphatic rings. The molecule has 1 heterocycles. The smallest absolute Gasteiger partial charge is 0.252 e. The average molecular weight is 211 g/mol. The summed E-state index contributed by atoms with van der Waals surface area (Å²) in [5.41, 5.74) is -2.06. The Bertz CT molecular complexity index is 331. The number of halogens is 5. The van der Waals surface area contributed by atoms with Crippen LogP contribution in [0.4, 0.5) is 22.0 Å². The summed E-state index contributed by atoms with van der Waals surface area (Å²) >= 11 is 0. The Labute approximate surface area is 76.6 Å². The maximum absolute atomic E-state index is 12.2. The lowest BCUT2D eigenvalue weighted by Gasteiger charge is -2.10. The highest BCUT2D eigenvalue weighted by atomic mass is 19.4. The van der Waals surface area contributed by atoms with Crippen molar-refractivity contribution in [3.63, 3.8) is 0 Å². The van der Waals surface area contributed by atoms with Gasteiger partial charge in [-0.25, -0.2) is 8.78 Å². The van der Waals surface area contributed by atoms with Gasteiger partial charge in [-0.3, -0.25) is 4.98 Å². The van der Waals surface area contributed by atoms with Gasteiger partial charge in [0.25, 0.3) is 6.43 Å². The van der Waals surface area contributed by atoms with Crippen LogP contribution in [0.3, 0.4) is 0 Å². The molecule has 6 heteroatoms. The molecule has 0 aromatic carbocycles. The zero-order valence-electron chi connectivity index (χ0n) is 7.07. The van der Waals surface area contributed by atoms with Gasteiger partial charge in [-0.15, -0.1) is 0 Å². The van der Waals surface area contributed by atoms with E-state index in [1.165, 1.54) is 0 Å². The van der Waals surface area contributed by atoms with E-state index in [-0.39, 0.29) is 0 Å². The molecule has 1 nitrogen and oxygen atoms in total. The molecule has 0 bridgehead atoms. The molecule has 0 spiro atoms. The van der Waals surface area contributed by atoms with E-state index >= 15 is 0 Å². The molecule has 1 aromatic heterocycles. The first kappa shape index (κ1) is 10.9. The van der Waals surface area contributed by atoms with Crippen LogP contribution in [0, 0.1) is 6.92 Å². The van der Waals surface area contributed by atoms with Crippen molar-refractivity contribution in [2.75, 3.05) is 0 Å². The van der Waals surface area contributed by atoms with Crippen molar-refractivity contribution in [3.05, 3.63) is 29.1 Å². The minimum Gasteiger partial charge on any atom is -0.252 e. The van der Waals surface area contributed by atoms with Crippen molar-refractivity contribution in [2.45, 2.75) is 19.5 Å². The van der Waals surface area contributed by atoms with Crippen LogP contribution in [0.15, 0.2) is 12.1 Å². The molecule has 0 fully saturated rings. The number of pyridine rings is 1. The molecule has 0 amide bonds. The molecule has 0 saturated carbocycles. The quantitative estimate of drug-likeness (QED) is 0.649. The fraction of sp³-hybridized carbons (Fsp3) is 0.375. The van der Waals surface area contributed by atoms with Gasteiger partial charge in [-0.05, 0) is 19.1 Å². The number of aromatic nitrogens is 1. The lowest BCUT2D eigenvalue weighted by molar-refractivity contribution is -0.138. The highest BCUT2D eigenvalue weighted by Gasteiger charge is 2.33. The van der Waals surface area contributed by atoms with Crippen molar-refractivity contribution >= 4 is 0 Å². The van der Waals surface area contributed by atoms with Crippen LogP contribution in [0.2, 0.25) is 0 Å². The normalized spacial score (nSPS) is 12.2. The van der Waals surface area contributed by atoms with Crippen LogP contribution in [0.1, 0.15) is 23.4 Å². The highest BCUT2D eigenvalue weighted by molar-refractivity contribution is 5.25. The first-order chi connectivity index (χ1) is 6.32. The van der Waals surface area contributed by atoms with Crippen LogP contribution < -0.4 is 0 Å². The summed E-state index contributed by atoms with van der Waals surface area (Å²) in [5.74, 6) is 0. The second-order valence-electron chi connectivity index (χ2n) is 2.67. The van der Waals surface area contributed by atoms with Crippen LogP contribution in [-0.4, -0.2) is 4.98 Å². The maximum Gasteiger partial charge on any atom is 0.418 e. The molecular formula is C8H6F5N. The van der Waals surface area contributed by atoms with Crippen molar-refractivity contribution in [2.24, 2.45) is 0 Å². The van der Waals surface area contributed by atoms with Gasteiger partial charge in [0.1, 0.15) is 5.69 Å². The van der Waals surface area contributed by atoms with Crippen molar-refractivity contribution in [3.8, 4) is 0 Å². The fourth-order valence-corrected chi connectivity index (χ4v) is 1.00. The van der Waals surface area contributed by atoms with Crippen molar-refractivity contribution in [1.29, 1.82) is 0 Å². The molecule has 0 atom stereocenters. The second-order valence-corrected chi connectivity index (χ2v) is 2.67. The van der Waals surface area contributed by atoms with Gasteiger partial charge < -0.3 is 0 Å². The predicted octanol–water partition coefficient (Wildman–Crippen LogP) is 3.35. The minimum absolute atomic E-state index is 0.435. The number of rotatable bonds is 1. The summed E-state index contributed by atoms with van der Waals surface area (Å²) in [6, 6.07) is 1.30. The van der Waals surface area contributed by atoms with E-state index in [0.717, 1.165) is 6.92 Å². The largest absolute Gasteiger partial charge is 0.418 e. The second kappa shape index (κ2) is 3.51. The number of hydrogen-bond donors (Lipinski definition) is 0. The SMILES string of the molecule is Cc1nc(C(F)F)ccc1C(F)(F)F. The van der Waals surface area contributed by atoms with Crippen LogP contribution >= 0.6 is 0 Å². The Balaban J connectivity index is 3.15. The minimum atomic E-state index is -4.54. The summed E-state index contributed by atoms with van der Waals surface area (Å²) in [5, 5.41) is 0. The third-order valence-corrected chi connectivity index (χ3v) is 1.64. The van der Waals surface area contributed by atoms with E-state index in [4.69, 9.17) is 0 Å². The van der Waals surface area contributed by atoms with Gasteiger partial charge >= 0.3 is 6.18 Å². The number of alkyl halides is 5. The lowest BCUT2D eigenvalue weighted by atomic mass is 10.2. The summed E-state index contributed by atoms with van der Waals surface area (Å²) in [6.07, 6.45) is -7.39.